The monoisotopic (exact) mass is 674 g/mol. The Bertz CT molecular complexity index is 1750. The van der Waals surface area contributed by atoms with E-state index in [1.165, 1.54) is 4.57 Å². The maximum absolute atomic E-state index is 14.1. The van der Waals surface area contributed by atoms with Crippen LogP contribution >= 0.6 is 0 Å². The summed E-state index contributed by atoms with van der Waals surface area (Å²) >= 11 is 0. The van der Waals surface area contributed by atoms with Crippen LogP contribution in [-0.2, 0) is 34.2 Å². The predicted molar refractivity (Wildman–Crippen MR) is 183 cm³/mol. The normalized spacial score (nSPS) is 20.5. The van der Waals surface area contributed by atoms with Gasteiger partial charge in [0.15, 0.2) is 11.7 Å². The molecular weight excluding hydrogens is 628 g/mol. The Kier molecular flexibility index (Phi) is 9.64. The van der Waals surface area contributed by atoms with E-state index in [0.29, 0.717) is 62.7 Å². The van der Waals surface area contributed by atoms with E-state index in [2.05, 4.69) is 10.2 Å². The second-order valence-electron chi connectivity index (χ2n) is 13.7. The van der Waals surface area contributed by atoms with Crippen molar-refractivity contribution in [1.29, 1.82) is 0 Å². The maximum Gasteiger partial charge on any atom is 0.419 e. The lowest BCUT2D eigenvalue weighted by Gasteiger charge is -2.41. The highest BCUT2D eigenvalue weighted by molar-refractivity contribution is 5.91. The second-order valence-corrected chi connectivity index (χ2v) is 13.7. The Morgan fingerprint density at radius 3 is 2.41 bits per heavy atom. The van der Waals surface area contributed by atoms with Crippen LogP contribution in [0.2, 0.25) is 0 Å². The number of rotatable bonds is 6. The number of likely N-dealkylation sites (tertiary alicyclic amines) is 1. The number of anilines is 1. The first-order chi connectivity index (χ1) is 23.7. The quantitative estimate of drug-likeness (QED) is 0.422. The summed E-state index contributed by atoms with van der Waals surface area (Å²) in [5.74, 6) is -0.676. The van der Waals surface area contributed by atoms with Crippen molar-refractivity contribution in [3.8, 4) is 0 Å². The number of hydrogen-bond acceptors (Lipinski definition) is 8. The molecule has 0 bridgehead atoms. The fraction of sp³-hybridized carbons (Fsp3) is 0.556. The molecule has 13 nitrogen and oxygen atoms in total. The number of para-hydroxylation sites is 1. The molecule has 0 saturated carbocycles. The number of carbonyl (C=O) groups excluding carboxylic acids is 3. The van der Waals surface area contributed by atoms with Gasteiger partial charge in [-0.25, -0.2) is 14.4 Å². The zero-order valence-corrected chi connectivity index (χ0v) is 28.4. The van der Waals surface area contributed by atoms with E-state index < -0.39 is 18.0 Å². The van der Waals surface area contributed by atoms with Gasteiger partial charge in [0.25, 0.3) is 5.91 Å². The fourth-order valence-electron chi connectivity index (χ4n) is 7.95. The van der Waals surface area contributed by atoms with Gasteiger partial charge in [0, 0.05) is 90.3 Å². The van der Waals surface area contributed by atoms with Crippen LogP contribution < -0.4 is 11.1 Å². The predicted octanol–water partition coefficient (Wildman–Crippen LogP) is 3.37. The van der Waals surface area contributed by atoms with Crippen molar-refractivity contribution in [3.05, 3.63) is 63.6 Å². The zero-order chi connectivity index (χ0) is 34.1. The number of nitrogens with zero attached hydrogens (tertiary/aromatic N) is 5. The van der Waals surface area contributed by atoms with Crippen LogP contribution in [0.25, 0.3) is 11.1 Å². The van der Waals surface area contributed by atoms with Crippen LogP contribution in [0.3, 0.4) is 0 Å². The minimum absolute atomic E-state index is 0.00181. The molecule has 262 valence electrons. The number of piperazine rings is 1. The van der Waals surface area contributed by atoms with E-state index in [4.69, 9.17) is 13.9 Å². The van der Waals surface area contributed by atoms with E-state index in [-0.39, 0.29) is 24.4 Å². The Labute approximate surface area is 285 Å². The van der Waals surface area contributed by atoms with Crippen molar-refractivity contribution in [1.82, 2.24) is 24.2 Å². The molecule has 3 fully saturated rings. The number of amides is 4. The van der Waals surface area contributed by atoms with Crippen molar-refractivity contribution in [3.63, 3.8) is 0 Å². The van der Waals surface area contributed by atoms with Crippen LogP contribution in [0.1, 0.15) is 42.4 Å². The molecule has 0 radical (unpaired) electrons. The first-order valence-electron chi connectivity index (χ1n) is 17.6. The largest absolute Gasteiger partial charge is 0.436 e. The molecule has 49 heavy (non-hydrogen) atoms. The Hall–Kier alpha value is -4.36. The van der Waals surface area contributed by atoms with Gasteiger partial charge in [-0.1, -0.05) is 24.3 Å². The summed E-state index contributed by atoms with van der Waals surface area (Å²) in [5.41, 5.74) is 4.68. The number of nitrogens with one attached hydrogen (secondary N) is 1. The molecule has 1 aromatic heterocycles. The van der Waals surface area contributed by atoms with Crippen molar-refractivity contribution in [2.75, 3.05) is 64.3 Å². The van der Waals surface area contributed by atoms with Crippen LogP contribution in [0, 0.1) is 6.92 Å². The minimum atomic E-state index is -1.04. The second kappa shape index (κ2) is 14.2. The fourth-order valence-corrected chi connectivity index (χ4v) is 7.95. The molecule has 0 aliphatic carbocycles. The molecule has 1 atom stereocenters. The number of benzene rings is 2. The van der Waals surface area contributed by atoms with E-state index in [9.17, 15) is 19.2 Å². The van der Waals surface area contributed by atoms with E-state index in [0.717, 1.165) is 67.9 Å². The summed E-state index contributed by atoms with van der Waals surface area (Å²) in [6, 6.07) is 11.9. The number of aryl methyl sites for hydroxylation is 2. The summed E-state index contributed by atoms with van der Waals surface area (Å²) in [4.78, 5) is 60.9. The van der Waals surface area contributed by atoms with Crippen LogP contribution in [0.5, 0.6) is 0 Å². The average Bonchev–Trinajstić information content (AvgIpc) is 3.30. The third-order valence-electron chi connectivity index (χ3n) is 10.7. The lowest BCUT2D eigenvalue weighted by molar-refractivity contribution is -0.143. The summed E-state index contributed by atoms with van der Waals surface area (Å²) in [6.07, 6.45) is 2.59. The van der Waals surface area contributed by atoms with E-state index in [1.54, 1.807) is 18.0 Å². The molecule has 5 heterocycles. The highest BCUT2D eigenvalue weighted by Gasteiger charge is 2.36. The topological polar surface area (TPSA) is 130 Å². The molecule has 0 spiro atoms. The van der Waals surface area contributed by atoms with Gasteiger partial charge >= 0.3 is 17.9 Å². The number of piperidine rings is 1. The average molecular weight is 675 g/mol. The number of urea groups is 1. The van der Waals surface area contributed by atoms with Gasteiger partial charge in [0.05, 0.1) is 5.52 Å². The first kappa shape index (κ1) is 33.2. The Balaban J connectivity index is 1.02. The Morgan fingerprint density at radius 2 is 1.65 bits per heavy atom. The molecule has 3 aromatic rings. The lowest BCUT2D eigenvalue weighted by atomic mass is 10.0. The number of fused-ring (bicyclic) bond motifs is 2. The summed E-state index contributed by atoms with van der Waals surface area (Å²) in [6.45, 7) is 7.53. The number of aromatic nitrogens is 1. The Morgan fingerprint density at radius 1 is 0.918 bits per heavy atom. The number of hydrogen-bond donors (Lipinski definition) is 1. The molecule has 4 aliphatic heterocycles. The molecular formula is C36H46N6O7. The summed E-state index contributed by atoms with van der Waals surface area (Å²) < 4.78 is 18.5. The molecule has 2 aromatic carbocycles. The number of oxazole rings is 1. The standard InChI is InChI=1S/C36H46N6O7/c1-24-21-25(22-30-32(24)38(2)35(45)48-30)23-31(33(43)40-17-15-39(16-18-40)27-10-19-47-20-11-27)49-36(46)41-12-8-28(9-13-41)42-14-7-26-5-3-4-6-29(26)37-34(42)44/h3-6,21-22,27-28,31H,7-20,23H2,1-2H3,(H,37,44)/t31-/m1/s1. The summed E-state index contributed by atoms with van der Waals surface area (Å²) in [7, 11) is 1.66. The van der Waals surface area contributed by atoms with E-state index in [1.807, 2.05) is 47.1 Å². The van der Waals surface area contributed by atoms with Crippen LogP contribution in [0.15, 0.2) is 45.6 Å². The van der Waals surface area contributed by atoms with Gasteiger partial charge in [0.2, 0.25) is 0 Å². The lowest BCUT2D eigenvalue weighted by Crippen LogP contribution is -2.56. The van der Waals surface area contributed by atoms with Crippen molar-refractivity contribution in [2.24, 2.45) is 7.05 Å². The van der Waals surface area contributed by atoms with Gasteiger partial charge in [0.1, 0.15) is 0 Å². The SMILES string of the molecule is Cc1cc(C[C@@H](OC(=O)N2CCC(N3CCc4ccccc4NC3=O)CC2)C(=O)N2CCN(C3CCOCC3)CC2)cc2oc(=O)n(C)c12. The number of carbonyl (C=O) groups is 3. The zero-order valence-electron chi connectivity index (χ0n) is 28.4. The van der Waals surface area contributed by atoms with Gasteiger partial charge < -0.3 is 33.9 Å². The van der Waals surface area contributed by atoms with Crippen LogP contribution in [0.4, 0.5) is 15.3 Å². The first-order valence-corrected chi connectivity index (χ1v) is 17.6. The van der Waals surface area contributed by atoms with Gasteiger partial charge in [-0.05, 0) is 67.9 Å². The van der Waals surface area contributed by atoms with Gasteiger partial charge in [-0.2, -0.15) is 0 Å². The summed E-state index contributed by atoms with van der Waals surface area (Å²) in [5, 5.41) is 3.04. The highest BCUT2D eigenvalue weighted by atomic mass is 16.6. The molecule has 13 heteroatoms. The maximum atomic E-state index is 14.1. The molecule has 7 rings (SSSR count). The van der Waals surface area contributed by atoms with Crippen molar-refractivity contribution < 1.29 is 28.3 Å². The smallest absolute Gasteiger partial charge is 0.419 e. The molecule has 4 amide bonds. The van der Waals surface area contributed by atoms with Crippen molar-refractivity contribution in [2.45, 2.75) is 63.6 Å². The molecule has 4 aliphatic rings. The molecule has 0 unspecified atom stereocenters. The molecule has 3 saturated heterocycles. The van der Waals surface area contributed by atoms with Crippen molar-refractivity contribution >= 4 is 34.8 Å². The van der Waals surface area contributed by atoms with Gasteiger partial charge in [-0.15, -0.1) is 0 Å². The van der Waals surface area contributed by atoms with Gasteiger partial charge in [-0.3, -0.25) is 14.3 Å². The highest BCUT2D eigenvalue weighted by Crippen LogP contribution is 2.26. The van der Waals surface area contributed by atoms with E-state index >= 15 is 0 Å². The number of ether oxygens (including phenoxy) is 2. The third kappa shape index (κ3) is 7.04. The molecule has 1 N–H and O–H groups in total. The third-order valence-corrected chi connectivity index (χ3v) is 10.7. The minimum Gasteiger partial charge on any atom is -0.436 e. The van der Waals surface area contributed by atoms with Crippen LogP contribution in [-0.4, -0.2) is 119 Å².